The molecule has 0 saturated heterocycles. The molecule has 4 aromatic heterocycles. The number of para-hydroxylation sites is 3. The second-order valence-corrected chi connectivity index (χ2v) is 12.1. The minimum absolute atomic E-state index is 0.507. The lowest BCUT2D eigenvalue weighted by Gasteiger charge is -2.11. The number of hydrogen-bond acceptors (Lipinski definition) is 4. The van der Waals surface area contributed by atoms with Gasteiger partial charge in [-0.2, -0.15) is 9.97 Å². The third-order valence-electron chi connectivity index (χ3n) is 9.06. The molecule has 12 rings (SSSR count). The van der Waals surface area contributed by atoms with Crippen molar-refractivity contribution in [2.24, 2.45) is 0 Å². The lowest BCUT2D eigenvalue weighted by Crippen LogP contribution is -2.06. The van der Waals surface area contributed by atoms with E-state index in [-0.39, 0.29) is 0 Å². The molecule has 0 aliphatic rings. The molecule has 6 nitrogen and oxygen atoms in total. The van der Waals surface area contributed by atoms with Crippen molar-refractivity contribution in [2.45, 2.75) is 0 Å². The normalized spacial score (nSPS) is 19.5. The van der Waals surface area contributed by atoms with Gasteiger partial charge in [0, 0.05) is 49.1 Å². The molecular formula is C51H31N5O. The predicted molar refractivity (Wildman–Crippen MR) is 232 cm³/mol. The first-order chi connectivity index (χ1) is 41.2. The van der Waals surface area contributed by atoms with Crippen LogP contribution in [0.15, 0.2) is 192 Å². The number of fused-ring (bicyclic) bond motifs is 10. The van der Waals surface area contributed by atoms with Crippen LogP contribution >= 0.6 is 0 Å². The minimum atomic E-state index is -1.03. The van der Waals surface area contributed by atoms with Gasteiger partial charge in [-0.05, 0) is 65.5 Å². The topological polar surface area (TPSA) is 61.7 Å². The number of benzene rings is 8. The molecule has 0 N–H and O–H groups in total. The van der Waals surface area contributed by atoms with Crippen LogP contribution in [0.1, 0.15) is 42.5 Å². The minimum Gasteiger partial charge on any atom is -0.456 e. The number of rotatable bonds is 5. The van der Waals surface area contributed by atoms with E-state index in [0.29, 0.717) is 0 Å². The molecule has 0 aliphatic heterocycles. The van der Waals surface area contributed by atoms with E-state index in [1.807, 2.05) is 0 Å². The fourth-order valence-corrected chi connectivity index (χ4v) is 6.79. The van der Waals surface area contributed by atoms with Crippen LogP contribution in [0, 0.1) is 0 Å². The maximum absolute atomic E-state index is 9.90. The van der Waals surface area contributed by atoms with Gasteiger partial charge in [0.25, 0.3) is 0 Å². The molecule has 0 radical (unpaired) electrons. The van der Waals surface area contributed by atoms with E-state index in [1.165, 1.54) is 0 Å². The first kappa shape index (κ1) is 13.7. The van der Waals surface area contributed by atoms with E-state index in [1.54, 1.807) is 0 Å². The monoisotopic (exact) mass is 760 g/mol. The zero-order valence-corrected chi connectivity index (χ0v) is 28.1. The fourth-order valence-electron chi connectivity index (χ4n) is 6.79. The van der Waals surface area contributed by atoms with Crippen LogP contribution in [0.3, 0.4) is 0 Å². The Hall–Kier alpha value is -7.83. The smallest absolute Gasteiger partial charge is 0.238 e. The average Bonchev–Trinajstić information content (AvgIpc) is 1.55. The quantitative estimate of drug-likeness (QED) is 0.175. The third kappa shape index (κ3) is 4.81. The van der Waals surface area contributed by atoms with Gasteiger partial charge in [0.1, 0.15) is 11.2 Å². The Morgan fingerprint density at radius 2 is 0.965 bits per heavy atom. The summed E-state index contributed by atoms with van der Waals surface area (Å²) >= 11 is 0. The lowest BCUT2D eigenvalue weighted by atomic mass is 9.99. The molecule has 8 aromatic carbocycles. The summed E-state index contributed by atoms with van der Waals surface area (Å²) in [7, 11) is 0. The molecule has 266 valence electrons. The number of hydrogen-bond donors (Lipinski definition) is 0. The van der Waals surface area contributed by atoms with Gasteiger partial charge in [-0.3, -0.25) is 4.57 Å². The van der Waals surface area contributed by atoms with Crippen molar-refractivity contribution in [2.75, 3.05) is 0 Å². The Morgan fingerprint density at radius 1 is 0.386 bits per heavy atom. The van der Waals surface area contributed by atoms with E-state index < -0.39 is 298 Å². The van der Waals surface area contributed by atoms with Crippen LogP contribution in [-0.4, -0.2) is 24.1 Å². The molecule has 0 unspecified atom stereocenters. The fraction of sp³-hybridized carbons (Fsp3) is 0. The van der Waals surface area contributed by atoms with Crippen LogP contribution < -0.4 is 0 Å². The summed E-state index contributed by atoms with van der Waals surface area (Å²) in [6, 6.07) is -28.7. The third-order valence-corrected chi connectivity index (χ3v) is 9.06. The number of aromatic nitrogens is 5. The van der Waals surface area contributed by atoms with Crippen LogP contribution in [0.2, 0.25) is 0 Å². The van der Waals surface area contributed by atoms with Gasteiger partial charge < -0.3 is 8.98 Å². The van der Waals surface area contributed by atoms with Gasteiger partial charge in [0.05, 0.1) is 64.6 Å². The maximum Gasteiger partial charge on any atom is 0.238 e. The van der Waals surface area contributed by atoms with Gasteiger partial charge in [-0.15, -0.1) is 0 Å². The molecule has 4 heterocycles. The molecule has 0 spiro atoms. The molecule has 0 fully saturated rings. The van der Waals surface area contributed by atoms with Crippen molar-refractivity contribution < 1.29 is 46.9 Å². The molecule has 0 aliphatic carbocycles. The summed E-state index contributed by atoms with van der Waals surface area (Å²) in [6.45, 7) is 0. The SMILES string of the molecule is [2H]c1c([2H])c([2H])c(-c2nc(-c3c([2H])c([2H])c4c(oc5c([2H])c([2H])c([2H])c(-c6c([2H])c([2H])c([2H])c([2H])c6[2H])c54)c3[2H])nc(-n3c4c([2H])c([2H])c([2H])c([2H])c4c4c5c6c([2H])c([2H])c([2H])c([2H])c6n(-c6c([2H])c([2H])c([2H])c([2H])c6[2H])c5c([2H])c([2H])c43)n2)c([2H])c1[2H]. The zero-order valence-electron chi connectivity index (χ0n) is 59.1. The summed E-state index contributed by atoms with van der Waals surface area (Å²) in [5.74, 6) is -2.80. The molecule has 12 aromatic rings. The van der Waals surface area contributed by atoms with Crippen molar-refractivity contribution in [3.8, 4) is 45.5 Å². The molecular weight excluding hydrogens is 699 g/mol. The highest BCUT2D eigenvalue weighted by Gasteiger charge is 2.23. The summed E-state index contributed by atoms with van der Waals surface area (Å²) in [4.78, 5) is 13.5. The van der Waals surface area contributed by atoms with Gasteiger partial charge >= 0.3 is 0 Å². The lowest BCUT2D eigenvalue weighted by molar-refractivity contribution is 0.669. The Labute approximate surface area is 370 Å². The Bertz CT molecular complexity index is 5270. The second-order valence-electron chi connectivity index (χ2n) is 12.1. The van der Waals surface area contributed by atoms with E-state index in [2.05, 4.69) is 15.0 Å². The summed E-state index contributed by atoms with van der Waals surface area (Å²) in [5.41, 5.74) is -7.74. The van der Waals surface area contributed by atoms with Crippen molar-refractivity contribution in [3.05, 3.63) is 187 Å². The van der Waals surface area contributed by atoms with Crippen molar-refractivity contribution in [1.29, 1.82) is 0 Å². The van der Waals surface area contributed by atoms with Crippen LogP contribution in [0.25, 0.3) is 111 Å². The first-order valence-electron chi connectivity index (χ1n) is 32.1. The summed E-state index contributed by atoms with van der Waals surface area (Å²) in [5, 5.41) is -3.28. The first-order valence-corrected chi connectivity index (χ1v) is 16.6. The van der Waals surface area contributed by atoms with Crippen LogP contribution in [0.4, 0.5) is 0 Å². The highest BCUT2D eigenvalue weighted by atomic mass is 16.3. The predicted octanol–water partition coefficient (Wildman–Crippen LogP) is 13.0. The van der Waals surface area contributed by atoms with Gasteiger partial charge in [0.15, 0.2) is 11.6 Å². The summed E-state index contributed by atoms with van der Waals surface area (Å²) in [6.07, 6.45) is 0. The average molecular weight is 761 g/mol. The van der Waals surface area contributed by atoms with Crippen LogP contribution in [-0.2, 0) is 0 Å². The Kier molecular flexibility index (Phi) is 2.97. The highest BCUT2D eigenvalue weighted by Crippen LogP contribution is 2.43. The van der Waals surface area contributed by atoms with Gasteiger partial charge in [0.2, 0.25) is 5.95 Å². The standard InChI is InChI=1S/C51H31N5O/c1-4-15-32(16-5-1)36-23-14-26-44-46(36)39-28-27-34(31-45(39)57-44)50-52-49(33-17-6-2-7-18-33)53-51(54-50)56-41-25-13-11-22-38(41)48-43(56)30-29-42-47(48)37-21-10-12-24-40(37)55(42)35-19-8-3-9-20-35/h1-31H/i1D,2D,3D,4D,5D,6D,7D,8D,9D,10D,11D,12D,13D,14D,15D,16D,17D,18D,19D,20D,21D,22D,23D,24D,25D,26D,27D,28D,29D,30D,31D. The number of nitrogens with zero attached hydrogens (tertiary/aromatic N) is 5. The highest BCUT2D eigenvalue weighted by molar-refractivity contribution is 6.28. The largest absolute Gasteiger partial charge is 0.456 e. The van der Waals surface area contributed by atoms with E-state index >= 15 is 0 Å². The van der Waals surface area contributed by atoms with Crippen molar-refractivity contribution in [1.82, 2.24) is 24.1 Å². The molecule has 6 heteroatoms. The van der Waals surface area contributed by atoms with E-state index in [9.17, 15) is 12.3 Å². The van der Waals surface area contributed by atoms with Crippen LogP contribution in [0.5, 0.6) is 0 Å². The van der Waals surface area contributed by atoms with E-state index in [4.69, 9.17) is 34.6 Å². The maximum atomic E-state index is 9.90. The van der Waals surface area contributed by atoms with Crippen molar-refractivity contribution >= 4 is 65.6 Å². The number of furan rings is 1. The summed E-state index contributed by atoms with van der Waals surface area (Å²) < 4.78 is 286. The zero-order chi connectivity index (χ0) is 64.4. The molecule has 0 saturated carbocycles. The van der Waals surface area contributed by atoms with E-state index in [0.717, 1.165) is 9.13 Å². The Morgan fingerprint density at radius 3 is 1.67 bits per heavy atom. The van der Waals surface area contributed by atoms with Crippen molar-refractivity contribution in [3.63, 3.8) is 0 Å². The van der Waals surface area contributed by atoms with Gasteiger partial charge in [-0.25, -0.2) is 4.98 Å². The molecule has 0 amide bonds. The second kappa shape index (κ2) is 12.3. The molecule has 0 bridgehead atoms. The Balaban J connectivity index is 1.31. The molecule has 57 heavy (non-hydrogen) atoms. The van der Waals surface area contributed by atoms with Gasteiger partial charge in [-0.1, -0.05) is 133 Å². The molecule has 0 atom stereocenters.